The van der Waals surface area contributed by atoms with Crippen molar-refractivity contribution in [3.05, 3.63) is 95.6 Å². The predicted octanol–water partition coefficient (Wildman–Crippen LogP) is 6.34. The Bertz CT molecular complexity index is 923. The molecule has 0 saturated carbocycles. The predicted molar refractivity (Wildman–Crippen MR) is 124 cm³/mol. The van der Waals surface area contributed by atoms with Gasteiger partial charge in [-0.05, 0) is 72.4 Å². The van der Waals surface area contributed by atoms with Gasteiger partial charge in [-0.15, -0.1) is 11.8 Å². The van der Waals surface area contributed by atoms with E-state index in [0.717, 1.165) is 24.3 Å². The van der Waals surface area contributed by atoms with Crippen LogP contribution in [0.4, 0.5) is 5.69 Å². The first-order valence-corrected chi connectivity index (χ1v) is 11.1. The minimum Gasteiger partial charge on any atom is -0.356 e. The zero-order valence-electron chi connectivity index (χ0n) is 15.7. The monoisotopic (exact) mass is 404 g/mol. The molecule has 0 fully saturated rings. The van der Waals surface area contributed by atoms with Crippen LogP contribution in [0, 0.1) is 0 Å². The molecule has 0 amide bonds. The number of fused-ring (bicyclic) bond motifs is 1. The van der Waals surface area contributed by atoms with Gasteiger partial charge in [-0.3, -0.25) is 0 Å². The Hall–Kier alpha value is -2.30. The number of benzene rings is 3. The second-order valence-electron chi connectivity index (χ2n) is 7.04. The molecule has 0 aromatic heterocycles. The van der Waals surface area contributed by atoms with Gasteiger partial charge in [0.1, 0.15) is 0 Å². The molecule has 142 valence electrons. The van der Waals surface area contributed by atoms with Gasteiger partial charge in [-0.25, -0.2) is 0 Å². The van der Waals surface area contributed by atoms with Crippen molar-refractivity contribution in [2.24, 2.45) is 0 Å². The molecule has 0 saturated heterocycles. The molecule has 28 heavy (non-hydrogen) atoms. The molecule has 0 aliphatic heterocycles. The van der Waals surface area contributed by atoms with E-state index in [1.807, 2.05) is 17.8 Å². The summed E-state index contributed by atoms with van der Waals surface area (Å²) in [7, 11) is 0. The van der Waals surface area contributed by atoms with Gasteiger partial charge >= 0.3 is 0 Å². The summed E-state index contributed by atoms with van der Waals surface area (Å²) >= 11 is 7.42. The van der Waals surface area contributed by atoms with Gasteiger partial charge < -0.3 is 10.6 Å². The third-order valence-corrected chi connectivity index (χ3v) is 6.34. The highest BCUT2D eigenvalue weighted by atomic mass is 32.2. The number of rotatable bonds is 5. The molecule has 3 aromatic rings. The van der Waals surface area contributed by atoms with Crippen LogP contribution in [0.25, 0.3) is 0 Å². The zero-order valence-corrected chi connectivity index (χ0v) is 17.4. The number of aryl methyl sites for hydroxylation is 1. The fraction of sp³-hybridized carbons (Fsp3) is 0.208. The van der Waals surface area contributed by atoms with Crippen LogP contribution in [0.1, 0.15) is 35.6 Å². The van der Waals surface area contributed by atoms with Crippen molar-refractivity contribution < 1.29 is 0 Å². The number of hydrogen-bond donors (Lipinski definition) is 2. The van der Waals surface area contributed by atoms with Crippen LogP contribution in [0.2, 0.25) is 0 Å². The Morgan fingerprint density at radius 1 is 0.929 bits per heavy atom. The fourth-order valence-electron chi connectivity index (χ4n) is 3.60. The van der Waals surface area contributed by atoms with E-state index in [0.29, 0.717) is 11.2 Å². The number of hydrogen-bond acceptors (Lipinski definition) is 2. The van der Waals surface area contributed by atoms with Crippen LogP contribution in [0.5, 0.6) is 0 Å². The van der Waals surface area contributed by atoms with Gasteiger partial charge in [0.25, 0.3) is 0 Å². The average molecular weight is 405 g/mol. The summed E-state index contributed by atoms with van der Waals surface area (Å²) in [6.45, 7) is 0. The fourth-order valence-corrected chi connectivity index (χ4v) is 4.73. The summed E-state index contributed by atoms with van der Waals surface area (Å²) in [5.74, 6) is 0.964. The third-order valence-electron chi connectivity index (χ3n) is 5.04. The molecule has 4 rings (SSSR count). The highest BCUT2D eigenvalue weighted by Gasteiger charge is 2.20. The van der Waals surface area contributed by atoms with E-state index in [9.17, 15) is 0 Å². The summed E-state index contributed by atoms with van der Waals surface area (Å²) in [4.78, 5) is 1.29. The Morgan fingerprint density at radius 2 is 1.68 bits per heavy atom. The molecule has 1 aliphatic rings. The number of nitrogens with one attached hydrogen (secondary N) is 2. The molecule has 2 N–H and O–H groups in total. The van der Waals surface area contributed by atoms with E-state index in [-0.39, 0.29) is 0 Å². The van der Waals surface area contributed by atoms with Crippen LogP contribution in [-0.2, 0) is 12.2 Å². The molecular formula is C24H24N2S2. The first kappa shape index (κ1) is 19.0. The van der Waals surface area contributed by atoms with Crippen molar-refractivity contribution in [2.75, 3.05) is 5.32 Å². The van der Waals surface area contributed by atoms with Gasteiger partial charge in [0.05, 0.1) is 6.04 Å². The molecule has 0 heterocycles. The molecule has 0 unspecified atom stereocenters. The van der Waals surface area contributed by atoms with Crippen LogP contribution in [-0.4, -0.2) is 5.11 Å². The summed E-state index contributed by atoms with van der Waals surface area (Å²) in [6, 6.07) is 28.0. The topological polar surface area (TPSA) is 24.1 Å². The third kappa shape index (κ3) is 4.94. The van der Waals surface area contributed by atoms with E-state index < -0.39 is 0 Å². The summed E-state index contributed by atoms with van der Waals surface area (Å²) in [5, 5.41) is 7.52. The summed E-state index contributed by atoms with van der Waals surface area (Å²) < 4.78 is 0. The Kier molecular flexibility index (Phi) is 6.30. The van der Waals surface area contributed by atoms with Gasteiger partial charge in [-0.2, -0.15) is 0 Å². The normalized spacial score (nSPS) is 15.5. The van der Waals surface area contributed by atoms with E-state index in [1.54, 1.807) is 0 Å². The number of anilines is 1. The molecule has 3 aromatic carbocycles. The molecular weight excluding hydrogens is 380 g/mol. The quantitative estimate of drug-likeness (QED) is 0.382. The van der Waals surface area contributed by atoms with E-state index in [2.05, 4.69) is 83.4 Å². The Balaban J connectivity index is 1.31. The lowest BCUT2D eigenvalue weighted by atomic mass is 9.88. The van der Waals surface area contributed by atoms with Gasteiger partial charge in [0.15, 0.2) is 5.11 Å². The first-order valence-electron chi connectivity index (χ1n) is 9.70. The largest absolute Gasteiger partial charge is 0.356 e. The van der Waals surface area contributed by atoms with Crippen LogP contribution < -0.4 is 10.6 Å². The highest BCUT2D eigenvalue weighted by molar-refractivity contribution is 7.98. The van der Waals surface area contributed by atoms with E-state index >= 15 is 0 Å². The van der Waals surface area contributed by atoms with Crippen molar-refractivity contribution in [3.8, 4) is 0 Å². The molecule has 1 aliphatic carbocycles. The minimum atomic E-state index is 0.298. The van der Waals surface area contributed by atoms with E-state index in [4.69, 9.17) is 12.2 Å². The molecule has 0 bridgehead atoms. The maximum atomic E-state index is 5.57. The van der Waals surface area contributed by atoms with Crippen molar-refractivity contribution in [1.29, 1.82) is 0 Å². The maximum Gasteiger partial charge on any atom is 0.171 e. The number of thioether (sulfide) groups is 1. The van der Waals surface area contributed by atoms with Crippen LogP contribution in [0.3, 0.4) is 0 Å². The summed E-state index contributed by atoms with van der Waals surface area (Å²) in [6.07, 6.45) is 3.48. The molecule has 4 heteroatoms. The van der Waals surface area contributed by atoms with Gasteiger partial charge in [-0.1, -0.05) is 54.6 Å². The van der Waals surface area contributed by atoms with Crippen LogP contribution >= 0.6 is 24.0 Å². The molecule has 0 spiro atoms. The minimum absolute atomic E-state index is 0.298. The SMILES string of the molecule is S=C(Nc1ccc(CSc2ccccc2)cc1)N[C@@H]1CCCc2ccccc21. The smallest absolute Gasteiger partial charge is 0.171 e. The first-order chi connectivity index (χ1) is 13.8. The lowest BCUT2D eigenvalue weighted by Crippen LogP contribution is -2.34. The van der Waals surface area contributed by atoms with Crippen molar-refractivity contribution in [2.45, 2.75) is 36.0 Å². The number of thiocarbonyl (C=S) groups is 1. The van der Waals surface area contributed by atoms with Crippen molar-refractivity contribution >= 4 is 34.8 Å². The standard InChI is InChI=1S/C24H24N2S2/c27-24(26-23-12-6-8-19-7-4-5-11-22(19)23)25-20-15-13-18(14-16-20)17-28-21-9-2-1-3-10-21/h1-5,7,9-11,13-16,23H,6,8,12,17H2,(H2,25,26,27)/t23-/m1/s1. The second kappa shape index (κ2) is 9.26. The van der Waals surface area contributed by atoms with Gasteiger partial charge in [0.2, 0.25) is 0 Å². The zero-order chi connectivity index (χ0) is 19.2. The van der Waals surface area contributed by atoms with E-state index in [1.165, 1.54) is 28.0 Å². The Morgan fingerprint density at radius 3 is 2.50 bits per heavy atom. The second-order valence-corrected chi connectivity index (χ2v) is 8.50. The molecule has 1 atom stereocenters. The lowest BCUT2D eigenvalue weighted by Gasteiger charge is -2.27. The maximum absolute atomic E-state index is 5.57. The van der Waals surface area contributed by atoms with Crippen molar-refractivity contribution in [3.63, 3.8) is 0 Å². The van der Waals surface area contributed by atoms with Gasteiger partial charge in [0, 0.05) is 16.3 Å². The van der Waals surface area contributed by atoms with Crippen molar-refractivity contribution in [1.82, 2.24) is 5.32 Å². The highest BCUT2D eigenvalue weighted by Crippen LogP contribution is 2.29. The molecule has 2 nitrogen and oxygen atoms in total. The molecule has 0 radical (unpaired) electrons. The Labute approximate surface area is 176 Å². The van der Waals surface area contributed by atoms with Crippen LogP contribution in [0.15, 0.2) is 83.8 Å². The lowest BCUT2D eigenvalue weighted by molar-refractivity contribution is 0.529. The average Bonchev–Trinajstić information content (AvgIpc) is 2.74. The summed E-state index contributed by atoms with van der Waals surface area (Å²) in [5.41, 5.74) is 5.15.